The Bertz CT molecular complexity index is 391. The van der Waals surface area contributed by atoms with E-state index < -0.39 is 12.2 Å². The number of hydrogen-bond acceptors (Lipinski definition) is 4. The Morgan fingerprint density at radius 1 is 1.60 bits per heavy atom. The van der Waals surface area contributed by atoms with E-state index in [0.717, 1.165) is 0 Å². The number of cyclic esters (lactones) is 1. The van der Waals surface area contributed by atoms with Gasteiger partial charge in [-0.05, 0) is 18.2 Å². The van der Waals surface area contributed by atoms with Crippen LogP contribution in [0.1, 0.15) is 11.7 Å². The third-order valence-electron chi connectivity index (χ3n) is 2.26. The van der Waals surface area contributed by atoms with Crippen LogP contribution < -0.4 is 10.1 Å². The Labute approximate surface area is 86.6 Å². The van der Waals surface area contributed by atoms with Crippen molar-refractivity contribution in [1.29, 1.82) is 0 Å². The highest BCUT2D eigenvalue weighted by atomic mass is 16.6. The Kier molecular flexibility index (Phi) is 2.37. The van der Waals surface area contributed by atoms with Gasteiger partial charge in [0.25, 0.3) is 0 Å². The van der Waals surface area contributed by atoms with Crippen molar-refractivity contribution < 1.29 is 19.4 Å². The van der Waals surface area contributed by atoms with E-state index in [4.69, 9.17) is 9.47 Å². The van der Waals surface area contributed by atoms with E-state index in [-0.39, 0.29) is 5.75 Å². The number of amides is 1. The molecule has 0 bridgehead atoms. The first kappa shape index (κ1) is 9.64. The number of phenols is 1. The third-order valence-corrected chi connectivity index (χ3v) is 2.26. The van der Waals surface area contributed by atoms with Crippen LogP contribution in [0.2, 0.25) is 0 Å². The minimum atomic E-state index is -0.470. The van der Waals surface area contributed by atoms with Gasteiger partial charge in [-0.25, -0.2) is 4.79 Å². The van der Waals surface area contributed by atoms with Gasteiger partial charge >= 0.3 is 6.09 Å². The van der Waals surface area contributed by atoms with Gasteiger partial charge in [0.1, 0.15) is 17.6 Å². The van der Waals surface area contributed by atoms with E-state index in [1.165, 1.54) is 13.2 Å². The molecular weight excluding hydrogens is 198 g/mol. The van der Waals surface area contributed by atoms with Crippen molar-refractivity contribution >= 4 is 6.09 Å². The molecule has 2 N–H and O–H groups in total. The molecule has 1 saturated heterocycles. The van der Waals surface area contributed by atoms with Crippen molar-refractivity contribution in [3.8, 4) is 11.5 Å². The molecule has 1 aliphatic heterocycles. The van der Waals surface area contributed by atoms with Gasteiger partial charge in [-0.15, -0.1) is 0 Å². The zero-order valence-electron chi connectivity index (χ0n) is 8.19. The van der Waals surface area contributed by atoms with Gasteiger partial charge < -0.3 is 19.9 Å². The van der Waals surface area contributed by atoms with Gasteiger partial charge in [-0.3, -0.25) is 0 Å². The molecule has 0 radical (unpaired) electrons. The lowest BCUT2D eigenvalue weighted by molar-refractivity contribution is 0.139. The number of carbonyl (C=O) groups is 1. The number of hydrogen-bond donors (Lipinski definition) is 2. The molecule has 5 nitrogen and oxygen atoms in total. The molecule has 0 aromatic heterocycles. The van der Waals surface area contributed by atoms with Crippen LogP contribution >= 0.6 is 0 Å². The highest BCUT2D eigenvalue weighted by Gasteiger charge is 2.26. The fraction of sp³-hybridized carbons (Fsp3) is 0.300. The lowest BCUT2D eigenvalue weighted by Crippen LogP contribution is -2.12. The van der Waals surface area contributed by atoms with Gasteiger partial charge in [0, 0.05) is 5.56 Å². The van der Waals surface area contributed by atoms with E-state index in [1.54, 1.807) is 12.1 Å². The Morgan fingerprint density at radius 3 is 3.00 bits per heavy atom. The van der Waals surface area contributed by atoms with Crippen molar-refractivity contribution in [2.75, 3.05) is 13.7 Å². The molecule has 0 saturated carbocycles. The summed E-state index contributed by atoms with van der Waals surface area (Å²) >= 11 is 0. The van der Waals surface area contributed by atoms with Gasteiger partial charge in [-0.2, -0.15) is 0 Å². The van der Waals surface area contributed by atoms with Crippen molar-refractivity contribution in [3.63, 3.8) is 0 Å². The number of methoxy groups -OCH3 is 1. The van der Waals surface area contributed by atoms with E-state index in [1.807, 2.05) is 0 Å². The number of phenolic OH excluding ortho intramolecular Hbond substituents is 1. The molecule has 1 amide bonds. The number of ether oxygens (including phenoxy) is 2. The molecule has 5 heteroatoms. The number of nitrogens with one attached hydrogen (secondary N) is 1. The van der Waals surface area contributed by atoms with Crippen LogP contribution in [0, 0.1) is 0 Å². The maximum atomic E-state index is 10.8. The summed E-state index contributed by atoms with van der Waals surface area (Å²) in [6, 6.07) is 4.81. The minimum Gasteiger partial charge on any atom is -0.508 e. The fourth-order valence-electron chi connectivity index (χ4n) is 1.48. The zero-order valence-corrected chi connectivity index (χ0v) is 8.19. The Morgan fingerprint density at radius 2 is 2.40 bits per heavy atom. The SMILES string of the molecule is COc1ccc(O)c(C2CNC(=O)O2)c1. The van der Waals surface area contributed by atoms with E-state index in [0.29, 0.717) is 17.9 Å². The molecule has 1 atom stereocenters. The standard InChI is InChI=1S/C10H11NO4/c1-14-6-2-3-8(12)7(4-6)9-5-11-10(13)15-9/h2-4,9,12H,5H2,1H3,(H,11,13). The minimum absolute atomic E-state index is 0.0947. The average Bonchev–Trinajstić information content (AvgIpc) is 2.65. The average molecular weight is 209 g/mol. The molecule has 0 aliphatic carbocycles. The summed E-state index contributed by atoms with van der Waals surface area (Å²) in [5.41, 5.74) is 0.549. The molecule has 15 heavy (non-hydrogen) atoms. The monoisotopic (exact) mass is 209 g/mol. The van der Waals surface area contributed by atoms with Gasteiger partial charge in [0.05, 0.1) is 13.7 Å². The second-order valence-corrected chi connectivity index (χ2v) is 3.20. The zero-order chi connectivity index (χ0) is 10.8. The second-order valence-electron chi connectivity index (χ2n) is 3.20. The second kappa shape index (κ2) is 3.68. The first-order chi connectivity index (χ1) is 7.20. The summed E-state index contributed by atoms with van der Waals surface area (Å²) in [7, 11) is 1.54. The smallest absolute Gasteiger partial charge is 0.407 e. The van der Waals surface area contributed by atoms with Crippen molar-refractivity contribution in [2.24, 2.45) is 0 Å². The highest BCUT2D eigenvalue weighted by molar-refractivity contribution is 5.70. The third kappa shape index (κ3) is 1.81. The highest BCUT2D eigenvalue weighted by Crippen LogP contribution is 2.31. The summed E-state index contributed by atoms with van der Waals surface area (Å²) in [4.78, 5) is 10.8. The number of alkyl carbamates (subject to hydrolysis) is 1. The van der Waals surface area contributed by atoms with Crippen LogP contribution in [0.3, 0.4) is 0 Å². The summed E-state index contributed by atoms with van der Waals surface area (Å²) in [5.74, 6) is 0.711. The lowest BCUT2D eigenvalue weighted by atomic mass is 10.1. The normalized spacial score (nSPS) is 19.5. The molecule has 2 rings (SSSR count). The molecule has 1 aromatic rings. The molecule has 0 spiro atoms. The van der Waals surface area contributed by atoms with Gasteiger partial charge in [0.15, 0.2) is 0 Å². The Hall–Kier alpha value is -1.91. The van der Waals surface area contributed by atoms with Crippen LogP contribution in [0.5, 0.6) is 11.5 Å². The molecule has 1 aliphatic rings. The largest absolute Gasteiger partial charge is 0.508 e. The van der Waals surface area contributed by atoms with Gasteiger partial charge in [-0.1, -0.05) is 0 Å². The number of aromatic hydroxyl groups is 1. The summed E-state index contributed by atoms with van der Waals surface area (Å²) < 4.78 is 9.99. The first-order valence-electron chi connectivity index (χ1n) is 4.52. The van der Waals surface area contributed by atoms with Crippen LogP contribution in [0.25, 0.3) is 0 Å². The molecule has 80 valence electrons. The Balaban J connectivity index is 2.30. The maximum Gasteiger partial charge on any atom is 0.407 e. The molecular formula is C10H11NO4. The summed E-state index contributed by atoms with van der Waals surface area (Å²) in [5, 5.41) is 12.1. The molecule has 1 aromatic carbocycles. The summed E-state index contributed by atoms with van der Waals surface area (Å²) in [6.07, 6.45) is -0.921. The van der Waals surface area contributed by atoms with E-state index in [2.05, 4.69) is 5.32 Å². The maximum absolute atomic E-state index is 10.8. The number of rotatable bonds is 2. The molecule has 1 fully saturated rings. The van der Waals surface area contributed by atoms with Crippen LogP contribution in [0.4, 0.5) is 4.79 Å². The van der Waals surface area contributed by atoms with Crippen LogP contribution in [-0.2, 0) is 4.74 Å². The van der Waals surface area contributed by atoms with E-state index >= 15 is 0 Å². The number of benzene rings is 1. The predicted molar refractivity (Wildman–Crippen MR) is 51.9 cm³/mol. The molecule has 1 heterocycles. The number of carbonyl (C=O) groups excluding carboxylic acids is 1. The van der Waals surface area contributed by atoms with Gasteiger partial charge in [0.2, 0.25) is 0 Å². The quantitative estimate of drug-likeness (QED) is 0.767. The topological polar surface area (TPSA) is 67.8 Å². The fourth-order valence-corrected chi connectivity index (χ4v) is 1.48. The lowest BCUT2D eigenvalue weighted by Gasteiger charge is -2.11. The first-order valence-corrected chi connectivity index (χ1v) is 4.52. The predicted octanol–water partition coefficient (Wildman–Crippen LogP) is 1.18. The van der Waals surface area contributed by atoms with Crippen molar-refractivity contribution in [3.05, 3.63) is 23.8 Å². The van der Waals surface area contributed by atoms with Crippen molar-refractivity contribution in [2.45, 2.75) is 6.10 Å². The van der Waals surface area contributed by atoms with Crippen LogP contribution in [0.15, 0.2) is 18.2 Å². The van der Waals surface area contributed by atoms with Crippen LogP contribution in [-0.4, -0.2) is 24.9 Å². The summed E-state index contributed by atoms with van der Waals surface area (Å²) in [6.45, 7) is 0.361. The molecule has 1 unspecified atom stereocenters. The van der Waals surface area contributed by atoms with E-state index in [9.17, 15) is 9.90 Å². The van der Waals surface area contributed by atoms with Crippen molar-refractivity contribution in [1.82, 2.24) is 5.32 Å².